The molecule has 0 bridgehead atoms. The van der Waals surface area contributed by atoms with Crippen molar-refractivity contribution in [3.63, 3.8) is 0 Å². The zero-order valence-electron chi connectivity index (χ0n) is 12.6. The van der Waals surface area contributed by atoms with Gasteiger partial charge < -0.3 is 20.3 Å². The summed E-state index contributed by atoms with van der Waals surface area (Å²) < 4.78 is 5.58. The molecule has 0 aromatic rings. The van der Waals surface area contributed by atoms with Gasteiger partial charge in [0.1, 0.15) is 0 Å². The quantitative estimate of drug-likeness (QED) is 0.556. The molecule has 2 atom stereocenters. The van der Waals surface area contributed by atoms with Gasteiger partial charge in [0.05, 0.1) is 18.8 Å². The average Bonchev–Trinajstić information content (AvgIpc) is 2.25. The maximum atomic E-state index is 9.75. The highest BCUT2D eigenvalue weighted by Crippen LogP contribution is 2.11. The van der Waals surface area contributed by atoms with Crippen molar-refractivity contribution in [3.8, 4) is 0 Å². The third-order valence-electron chi connectivity index (χ3n) is 2.79. The zero-order valence-corrected chi connectivity index (χ0v) is 12.6. The van der Waals surface area contributed by atoms with Crippen molar-refractivity contribution in [2.24, 2.45) is 11.3 Å². The standard InChI is InChI=1S/C14H31NO3/c1-11(2)6-12(3)18-8-13(17)7-15-9-14(4,5)10-16/h11-13,15-17H,6-10H2,1-5H3. The third kappa shape index (κ3) is 9.83. The number of ether oxygens (including phenoxy) is 1. The Bertz CT molecular complexity index is 207. The van der Waals surface area contributed by atoms with Crippen LogP contribution in [0.3, 0.4) is 0 Å². The fraction of sp³-hybridized carbons (Fsp3) is 1.00. The molecule has 0 aliphatic heterocycles. The normalized spacial score (nSPS) is 16.0. The van der Waals surface area contributed by atoms with Gasteiger partial charge in [0.2, 0.25) is 0 Å². The van der Waals surface area contributed by atoms with Crippen LogP contribution in [0.15, 0.2) is 0 Å². The number of hydrogen-bond acceptors (Lipinski definition) is 4. The van der Waals surface area contributed by atoms with E-state index in [0.717, 1.165) is 6.42 Å². The van der Waals surface area contributed by atoms with Crippen molar-refractivity contribution < 1.29 is 14.9 Å². The molecule has 0 rings (SSSR count). The molecule has 0 aliphatic carbocycles. The Balaban J connectivity index is 3.63. The highest BCUT2D eigenvalue weighted by Gasteiger charge is 2.16. The van der Waals surface area contributed by atoms with E-state index in [4.69, 9.17) is 9.84 Å². The fourth-order valence-corrected chi connectivity index (χ4v) is 1.70. The first-order valence-corrected chi connectivity index (χ1v) is 6.88. The van der Waals surface area contributed by atoms with E-state index in [0.29, 0.717) is 25.6 Å². The number of aliphatic hydroxyl groups excluding tert-OH is 2. The van der Waals surface area contributed by atoms with Crippen LogP contribution in [-0.2, 0) is 4.74 Å². The Morgan fingerprint density at radius 2 is 1.83 bits per heavy atom. The van der Waals surface area contributed by atoms with Crippen LogP contribution in [0.2, 0.25) is 0 Å². The lowest BCUT2D eigenvalue weighted by Gasteiger charge is -2.23. The molecule has 0 spiro atoms. The maximum Gasteiger partial charge on any atom is 0.0897 e. The molecule has 0 saturated heterocycles. The van der Waals surface area contributed by atoms with Crippen LogP contribution in [0, 0.1) is 11.3 Å². The number of nitrogens with one attached hydrogen (secondary N) is 1. The summed E-state index contributed by atoms with van der Waals surface area (Å²) in [5.74, 6) is 0.612. The largest absolute Gasteiger partial charge is 0.396 e. The monoisotopic (exact) mass is 261 g/mol. The summed E-state index contributed by atoms with van der Waals surface area (Å²) in [5.41, 5.74) is -0.147. The van der Waals surface area contributed by atoms with Gasteiger partial charge in [0, 0.05) is 25.1 Å². The predicted molar refractivity (Wildman–Crippen MR) is 74.6 cm³/mol. The minimum Gasteiger partial charge on any atom is -0.396 e. The van der Waals surface area contributed by atoms with Gasteiger partial charge in [-0.2, -0.15) is 0 Å². The molecule has 0 aromatic heterocycles. The summed E-state index contributed by atoms with van der Waals surface area (Å²) in [6.07, 6.45) is 0.708. The van der Waals surface area contributed by atoms with Gasteiger partial charge >= 0.3 is 0 Å². The molecule has 3 N–H and O–H groups in total. The van der Waals surface area contributed by atoms with Gasteiger partial charge in [0.25, 0.3) is 0 Å². The van der Waals surface area contributed by atoms with Crippen LogP contribution in [0.1, 0.15) is 41.0 Å². The van der Waals surface area contributed by atoms with E-state index in [1.54, 1.807) is 0 Å². The summed E-state index contributed by atoms with van der Waals surface area (Å²) in [6, 6.07) is 0. The summed E-state index contributed by atoms with van der Waals surface area (Å²) in [7, 11) is 0. The van der Waals surface area contributed by atoms with Crippen molar-refractivity contribution >= 4 is 0 Å². The Hall–Kier alpha value is -0.160. The SMILES string of the molecule is CC(C)CC(C)OCC(O)CNCC(C)(C)CO. The van der Waals surface area contributed by atoms with Crippen molar-refractivity contribution in [3.05, 3.63) is 0 Å². The topological polar surface area (TPSA) is 61.7 Å². The van der Waals surface area contributed by atoms with Gasteiger partial charge in [-0.3, -0.25) is 0 Å². The number of hydrogen-bond donors (Lipinski definition) is 3. The van der Waals surface area contributed by atoms with Crippen LogP contribution < -0.4 is 5.32 Å². The molecule has 0 saturated carbocycles. The van der Waals surface area contributed by atoms with E-state index < -0.39 is 6.10 Å². The van der Waals surface area contributed by atoms with Gasteiger partial charge in [-0.05, 0) is 19.3 Å². The first-order valence-electron chi connectivity index (χ1n) is 6.88. The van der Waals surface area contributed by atoms with E-state index in [1.165, 1.54) is 0 Å². The first-order chi connectivity index (χ1) is 8.26. The molecule has 4 nitrogen and oxygen atoms in total. The average molecular weight is 261 g/mol. The zero-order chi connectivity index (χ0) is 14.2. The van der Waals surface area contributed by atoms with Gasteiger partial charge in [-0.1, -0.05) is 27.7 Å². The summed E-state index contributed by atoms with van der Waals surface area (Å²) in [4.78, 5) is 0. The highest BCUT2D eigenvalue weighted by molar-refractivity contribution is 4.71. The molecule has 18 heavy (non-hydrogen) atoms. The second-order valence-electron chi connectivity index (χ2n) is 6.38. The Morgan fingerprint density at radius 1 is 1.22 bits per heavy atom. The lowest BCUT2D eigenvalue weighted by atomic mass is 9.95. The van der Waals surface area contributed by atoms with Crippen molar-refractivity contribution in [2.45, 2.75) is 53.2 Å². The minimum absolute atomic E-state index is 0.137. The summed E-state index contributed by atoms with van der Waals surface area (Å²) >= 11 is 0. The Labute approximate surface area is 112 Å². The highest BCUT2D eigenvalue weighted by atomic mass is 16.5. The smallest absolute Gasteiger partial charge is 0.0897 e. The lowest BCUT2D eigenvalue weighted by Crippen LogP contribution is -2.38. The molecular weight excluding hydrogens is 230 g/mol. The Morgan fingerprint density at radius 3 is 2.33 bits per heavy atom. The number of rotatable bonds is 10. The first kappa shape index (κ1) is 17.8. The molecular formula is C14H31NO3. The molecule has 0 heterocycles. The van der Waals surface area contributed by atoms with Crippen molar-refractivity contribution in [1.82, 2.24) is 5.32 Å². The fourth-order valence-electron chi connectivity index (χ4n) is 1.70. The van der Waals surface area contributed by atoms with E-state index >= 15 is 0 Å². The van der Waals surface area contributed by atoms with E-state index in [-0.39, 0.29) is 18.1 Å². The maximum absolute atomic E-state index is 9.75. The summed E-state index contributed by atoms with van der Waals surface area (Å²) in [6.45, 7) is 12.0. The molecule has 2 unspecified atom stereocenters. The van der Waals surface area contributed by atoms with E-state index in [2.05, 4.69) is 19.2 Å². The summed E-state index contributed by atoms with van der Waals surface area (Å²) in [5, 5.41) is 22.0. The molecule has 0 radical (unpaired) electrons. The van der Waals surface area contributed by atoms with Gasteiger partial charge in [0.15, 0.2) is 0 Å². The van der Waals surface area contributed by atoms with E-state index in [1.807, 2.05) is 20.8 Å². The molecule has 0 aromatic carbocycles. The second-order valence-corrected chi connectivity index (χ2v) is 6.38. The minimum atomic E-state index is -0.492. The molecule has 110 valence electrons. The van der Waals surface area contributed by atoms with Crippen LogP contribution in [0.25, 0.3) is 0 Å². The predicted octanol–water partition coefficient (Wildman–Crippen LogP) is 1.41. The molecule has 0 amide bonds. The van der Waals surface area contributed by atoms with Crippen LogP contribution in [0.4, 0.5) is 0 Å². The number of aliphatic hydroxyl groups is 2. The van der Waals surface area contributed by atoms with Crippen LogP contribution in [0.5, 0.6) is 0 Å². The molecule has 0 fully saturated rings. The molecule has 0 aliphatic rings. The van der Waals surface area contributed by atoms with Gasteiger partial charge in [-0.15, -0.1) is 0 Å². The van der Waals surface area contributed by atoms with Gasteiger partial charge in [-0.25, -0.2) is 0 Å². The second kappa shape index (κ2) is 8.86. The molecule has 4 heteroatoms. The lowest BCUT2D eigenvalue weighted by molar-refractivity contribution is -0.00939. The van der Waals surface area contributed by atoms with Crippen molar-refractivity contribution in [1.29, 1.82) is 0 Å². The third-order valence-corrected chi connectivity index (χ3v) is 2.79. The van der Waals surface area contributed by atoms with E-state index in [9.17, 15) is 5.11 Å². The van der Waals surface area contributed by atoms with Crippen molar-refractivity contribution in [2.75, 3.05) is 26.3 Å². The van der Waals surface area contributed by atoms with Crippen LogP contribution in [-0.4, -0.2) is 48.7 Å². The Kier molecular flexibility index (Phi) is 8.78. The van der Waals surface area contributed by atoms with Crippen LogP contribution >= 0.6 is 0 Å².